The third-order valence-corrected chi connectivity index (χ3v) is 3.13. The molecule has 1 aromatic carbocycles. The molecule has 0 radical (unpaired) electrons. The summed E-state index contributed by atoms with van der Waals surface area (Å²) in [5.74, 6) is -0.0563. The van der Waals surface area contributed by atoms with Crippen LogP contribution in [-0.4, -0.2) is 28.7 Å². The summed E-state index contributed by atoms with van der Waals surface area (Å²) in [7, 11) is 1.47. The van der Waals surface area contributed by atoms with Crippen molar-refractivity contribution in [3.05, 3.63) is 35.0 Å². The van der Waals surface area contributed by atoms with Gasteiger partial charge in [0, 0.05) is 24.0 Å². The van der Waals surface area contributed by atoms with E-state index in [9.17, 15) is 14.9 Å². The molecule has 0 saturated heterocycles. The Bertz CT molecular complexity index is 894. The lowest BCUT2D eigenvalue weighted by Gasteiger charge is -2.05. The van der Waals surface area contributed by atoms with Crippen molar-refractivity contribution >= 4 is 22.7 Å². The minimum atomic E-state index is -0.534. The predicted octanol–water partition coefficient (Wildman–Crippen LogP) is -1.36. The van der Waals surface area contributed by atoms with Crippen molar-refractivity contribution < 1.29 is 24.3 Å². The molecule has 118 valence electrons. The van der Waals surface area contributed by atoms with E-state index < -0.39 is 5.91 Å². The number of hydrogen-bond donors (Lipinski definition) is 3. The van der Waals surface area contributed by atoms with Crippen molar-refractivity contribution in [2.24, 2.45) is 0 Å². The molecular formula is C14H15N5O4+2. The van der Waals surface area contributed by atoms with Crippen LogP contribution in [0.15, 0.2) is 24.4 Å². The van der Waals surface area contributed by atoms with Crippen LogP contribution in [0.2, 0.25) is 0 Å². The molecule has 2 aromatic rings. The molecule has 9 nitrogen and oxygen atoms in total. The van der Waals surface area contributed by atoms with Gasteiger partial charge in [0.05, 0.1) is 17.6 Å². The number of hydrazine groups is 1. The smallest absolute Gasteiger partial charge is 0.290 e. The largest absolute Gasteiger partial charge is 0.497 e. The fraction of sp³-hybridized carbons (Fsp3) is 0.214. The highest BCUT2D eigenvalue weighted by atomic mass is 16.5. The van der Waals surface area contributed by atoms with Gasteiger partial charge in [-0.25, -0.2) is 0 Å². The number of rotatable bonds is 4. The second-order valence-corrected chi connectivity index (χ2v) is 4.64. The third kappa shape index (κ3) is 3.26. The maximum Gasteiger partial charge on any atom is 0.290 e. The number of nitriles is 1. The molecule has 0 unspecified atom stereocenters. The first-order chi connectivity index (χ1) is 11.0. The number of ether oxygens (including phenoxy) is 1. The summed E-state index contributed by atoms with van der Waals surface area (Å²) in [5, 5.41) is 21.3. The number of amides is 1. The van der Waals surface area contributed by atoms with Crippen LogP contribution in [-0.2, 0) is 4.79 Å². The van der Waals surface area contributed by atoms with Gasteiger partial charge in [0.1, 0.15) is 12.2 Å². The van der Waals surface area contributed by atoms with E-state index in [1.807, 2.05) is 0 Å². The normalized spacial score (nSPS) is 11.1. The monoisotopic (exact) mass is 317 g/mol. The highest BCUT2D eigenvalue weighted by Gasteiger charge is 2.21. The quantitative estimate of drug-likeness (QED) is 0.278. The Kier molecular flexibility index (Phi) is 4.56. The number of benzene rings is 1. The van der Waals surface area contributed by atoms with Gasteiger partial charge in [0.25, 0.3) is 17.6 Å². The molecule has 0 aliphatic carbocycles. The lowest BCUT2D eigenvalue weighted by molar-refractivity contribution is -0.512. The molecule has 1 heterocycles. The number of aromatic nitrogens is 2. The fourth-order valence-corrected chi connectivity index (χ4v) is 1.95. The van der Waals surface area contributed by atoms with Crippen LogP contribution in [0.5, 0.6) is 5.75 Å². The number of hydrogen-bond acceptors (Lipinski definition) is 5. The maximum atomic E-state index is 12.1. The lowest BCUT2D eigenvalue weighted by atomic mass is 10.2. The van der Waals surface area contributed by atoms with Gasteiger partial charge in [-0.05, 0) is 6.07 Å². The van der Waals surface area contributed by atoms with Gasteiger partial charge in [0.15, 0.2) is 5.52 Å². The average molecular weight is 317 g/mol. The molecule has 1 amide bonds. The molecule has 0 atom stereocenters. The zero-order valence-electron chi connectivity index (χ0n) is 12.5. The lowest BCUT2D eigenvalue weighted by Crippen LogP contribution is -2.84. The summed E-state index contributed by atoms with van der Waals surface area (Å²) in [6, 6.07) is 6.34. The zero-order valence-corrected chi connectivity index (χ0v) is 12.5. The van der Waals surface area contributed by atoms with Crippen molar-refractivity contribution in [3.8, 4) is 11.8 Å². The van der Waals surface area contributed by atoms with E-state index in [-0.39, 0.29) is 23.1 Å². The minimum Gasteiger partial charge on any atom is -0.497 e. The van der Waals surface area contributed by atoms with Crippen molar-refractivity contribution in [2.75, 3.05) is 7.11 Å². The first-order valence-corrected chi connectivity index (χ1v) is 6.59. The number of hydrazone groups is 1. The summed E-state index contributed by atoms with van der Waals surface area (Å²) in [5.41, 5.74) is 3.23. The van der Waals surface area contributed by atoms with Crippen LogP contribution in [0.25, 0.3) is 11.0 Å². The summed E-state index contributed by atoms with van der Waals surface area (Å²) in [6.45, 7) is 1.56. The molecular weight excluding hydrogens is 302 g/mol. The van der Waals surface area contributed by atoms with Gasteiger partial charge < -0.3 is 9.94 Å². The maximum absolute atomic E-state index is 12.1. The van der Waals surface area contributed by atoms with Crippen LogP contribution < -0.4 is 19.7 Å². The van der Waals surface area contributed by atoms with E-state index in [1.54, 1.807) is 19.1 Å². The van der Waals surface area contributed by atoms with E-state index in [2.05, 4.69) is 10.5 Å². The first kappa shape index (κ1) is 16.0. The van der Waals surface area contributed by atoms with Crippen LogP contribution in [0.4, 0.5) is 0 Å². The van der Waals surface area contributed by atoms with E-state index >= 15 is 0 Å². The highest BCUT2D eigenvalue weighted by Crippen LogP contribution is 2.18. The van der Waals surface area contributed by atoms with Crippen LogP contribution in [0, 0.1) is 16.2 Å². The van der Waals surface area contributed by atoms with Crippen LogP contribution >= 0.6 is 0 Å². The fourth-order valence-electron chi connectivity index (χ4n) is 1.95. The molecule has 23 heavy (non-hydrogen) atoms. The van der Waals surface area contributed by atoms with E-state index in [4.69, 9.17) is 10.00 Å². The predicted molar refractivity (Wildman–Crippen MR) is 78.2 cm³/mol. The van der Waals surface area contributed by atoms with Gasteiger partial charge in [0.2, 0.25) is 11.4 Å². The van der Waals surface area contributed by atoms with E-state index in [0.29, 0.717) is 15.9 Å². The van der Waals surface area contributed by atoms with Crippen molar-refractivity contribution in [1.82, 2.24) is 10.2 Å². The summed E-state index contributed by atoms with van der Waals surface area (Å²) < 4.78 is 6.48. The Morgan fingerprint density at radius 2 is 2.30 bits per heavy atom. The number of carbonyl (C=O) groups is 1. The summed E-state index contributed by atoms with van der Waals surface area (Å²) in [4.78, 5) is 23.3. The molecule has 0 bridgehead atoms. The molecule has 9 heteroatoms. The molecule has 0 spiro atoms. The van der Waals surface area contributed by atoms with Gasteiger partial charge in [-0.1, -0.05) is 0 Å². The van der Waals surface area contributed by atoms with Crippen LogP contribution in [0.3, 0.4) is 0 Å². The Balaban J connectivity index is 2.51. The van der Waals surface area contributed by atoms with Gasteiger partial charge in [-0.2, -0.15) is 9.99 Å². The molecule has 1 aromatic heterocycles. The zero-order chi connectivity index (χ0) is 17.0. The second kappa shape index (κ2) is 6.57. The third-order valence-electron chi connectivity index (χ3n) is 3.13. The van der Waals surface area contributed by atoms with Crippen molar-refractivity contribution in [2.45, 2.75) is 13.3 Å². The SMILES string of the molecule is COc1ccc2c(c1)n(O)c(/C(C)=[NH+]\NC(=O)CC#N)c[n+]2=O. The molecule has 0 saturated carbocycles. The Hall–Kier alpha value is -3.41. The molecule has 0 aliphatic rings. The number of methoxy groups -OCH3 is 1. The Morgan fingerprint density at radius 1 is 1.57 bits per heavy atom. The highest BCUT2D eigenvalue weighted by molar-refractivity contribution is 5.93. The van der Waals surface area contributed by atoms with Crippen LogP contribution in [0.1, 0.15) is 19.0 Å². The number of fused-ring (bicyclic) bond motifs is 1. The van der Waals surface area contributed by atoms with E-state index in [0.717, 1.165) is 10.9 Å². The van der Waals surface area contributed by atoms with Gasteiger partial charge in [-0.3, -0.25) is 4.79 Å². The molecule has 3 N–H and O–H groups in total. The van der Waals surface area contributed by atoms with Crippen molar-refractivity contribution in [1.29, 1.82) is 5.26 Å². The standard InChI is InChI=1S/C14H13N5O4/c1-9(16-17-14(20)5-6-15)13-8-18(21)11-4-3-10(23-2)7-12(11)19(13)22/h3-4,7-8,22H,5H2,1-2H3/p+2. The van der Waals surface area contributed by atoms with Gasteiger partial charge in [-0.15, -0.1) is 10.5 Å². The molecule has 0 fully saturated rings. The molecule has 2 rings (SSSR count). The summed E-state index contributed by atoms with van der Waals surface area (Å²) >= 11 is 0. The Morgan fingerprint density at radius 3 is 2.96 bits per heavy atom. The first-order valence-electron chi connectivity index (χ1n) is 6.59. The minimum absolute atomic E-state index is 0.137. The second-order valence-electron chi connectivity index (χ2n) is 4.64. The Labute approximate surface area is 130 Å². The number of nitrogens with zero attached hydrogens (tertiary/aromatic N) is 3. The van der Waals surface area contributed by atoms with E-state index in [1.165, 1.54) is 19.2 Å². The van der Waals surface area contributed by atoms with Gasteiger partial charge >= 0.3 is 0 Å². The topological polar surface area (TPSA) is 124 Å². The number of nitrogens with one attached hydrogen (secondary N) is 2. The summed E-state index contributed by atoms with van der Waals surface area (Å²) in [6.07, 6.45) is 0.851. The average Bonchev–Trinajstić information content (AvgIpc) is 2.55. The molecule has 0 aliphatic heterocycles. The number of carbonyl (C=O) groups excluding carboxylic acids is 1. The van der Waals surface area contributed by atoms with Crippen molar-refractivity contribution in [3.63, 3.8) is 0 Å².